The first-order valence-electron chi connectivity index (χ1n) is 8.79. The Hall–Kier alpha value is -2.07. The molecule has 2 aromatic rings. The summed E-state index contributed by atoms with van der Waals surface area (Å²) < 4.78 is 0. The predicted octanol–water partition coefficient (Wildman–Crippen LogP) is 4.22. The van der Waals surface area contributed by atoms with Gasteiger partial charge in [-0.15, -0.1) is 0 Å². The van der Waals surface area contributed by atoms with E-state index in [1.165, 1.54) is 6.20 Å². The van der Waals surface area contributed by atoms with Crippen LogP contribution in [-0.4, -0.2) is 22.0 Å². The van der Waals surface area contributed by atoms with E-state index in [1.54, 1.807) is 6.07 Å². The van der Waals surface area contributed by atoms with Gasteiger partial charge in [-0.3, -0.25) is 9.78 Å². The first-order valence-corrected chi connectivity index (χ1v) is 9.17. The van der Waals surface area contributed by atoms with Crippen LogP contribution in [0.2, 0.25) is 5.02 Å². The molecule has 0 saturated heterocycles. The number of hydrogen-bond acceptors (Lipinski definition) is 3. The third-order valence-electron chi connectivity index (χ3n) is 4.86. The summed E-state index contributed by atoms with van der Waals surface area (Å²) in [6.07, 6.45) is 6.57. The number of benzene rings is 1. The Balaban J connectivity index is 1.43. The van der Waals surface area contributed by atoms with Crippen LogP contribution in [-0.2, 0) is 11.2 Å². The van der Waals surface area contributed by atoms with E-state index in [9.17, 15) is 9.90 Å². The van der Waals surface area contributed by atoms with Gasteiger partial charge in [-0.2, -0.15) is 0 Å². The van der Waals surface area contributed by atoms with Crippen molar-refractivity contribution in [2.45, 2.75) is 50.5 Å². The summed E-state index contributed by atoms with van der Waals surface area (Å²) in [5.74, 6) is 0.700. The minimum Gasteiger partial charge on any atom is -0.506 e. The molecule has 1 heterocycles. The maximum absolute atomic E-state index is 12.2. The Morgan fingerprint density at radius 1 is 1.16 bits per heavy atom. The third-order valence-corrected chi connectivity index (χ3v) is 5.23. The zero-order valence-corrected chi connectivity index (χ0v) is 14.9. The van der Waals surface area contributed by atoms with Crippen LogP contribution in [0.1, 0.15) is 49.3 Å². The van der Waals surface area contributed by atoms with Crippen molar-refractivity contribution in [1.29, 1.82) is 0 Å². The number of rotatable bonds is 5. The number of carbonyl (C=O) groups is 1. The summed E-state index contributed by atoms with van der Waals surface area (Å²) in [6.45, 7) is 0. The summed E-state index contributed by atoms with van der Waals surface area (Å²) in [5.41, 5.74) is 2.04. The van der Waals surface area contributed by atoms with Crippen LogP contribution in [0, 0.1) is 0 Å². The molecule has 0 unspecified atom stereocenters. The first-order chi connectivity index (χ1) is 12.1. The summed E-state index contributed by atoms with van der Waals surface area (Å²) in [4.78, 5) is 16.5. The fraction of sp³-hybridized carbons (Fsp3) is 0.400. The van der Waals surface area contributed by atoms with Crippen molar-refractivity contribution in [3.63, 3.8) is 0 Å². The maximum atomic E-state index is 12.2. The standard InChI is InChI=1S/C20H23ClN2O2/c21-18-4-2-1-3-14(18)7-12-20(25)23-16-8-5-15(6-9-16)19-11-10-17(24)13-22-19/h1-4,10-11,13,15-16,24H,5-9,12H2,(H,23,25). The Bertz CT molecular complexity index is 710. The molecule has 132 valence electrons. The molecule has 0 aliphatic heterocycles. The average Bonchev–Trinajstić information content (AvgIpc) is 2.62. The summed E-state index contributed by atoms with van der Waals surface area (Å²) >= 11 is 6.13. The maximum Gasteiger partial charge on any atom is 0.220 e. The van der Waals surface area contributed by atoms with Crippen LogP contribution in [0.15, 0.2) is 42.6 Å². The molecule has 3 rings (SSSR count). The Kier molecular flexibility index (Phi) is 5.92. The molecule has 0 spiro atoms. The molecule has 1 aromatic carbocycles. The fourth-order valence-corrected chi connectivity index (χ4v) is 3.65. The second-order valence-corrected chi connectivity index (χ2v) is 7.06. The van der Waals surface area contributed by atoms with E-state index in [1.807, 2.05) is 30.3 Å². The first kappa shape index (κ1) is 17.7. The number of hydrogen-bond donors (Lipinski definition) is 2. The van der Waals surface area contributed by atoms with Crippen LogP contribution in [0.25, 0.3) is 0 Å². The highest BCUT2D eigenvalue weighted by Gasteiger charge is 2.24. The van der Waals surface area contributed by atoms with E-state index < -0.39 is 0 Å². The lowest BCUT2D eigenvalue weighted by molar-refractivity contribution is -0.122. The molecule has 0 bridgehead atoms. The monoisotopic (exact) mass is 358 g/mol. The highest BCUT2D eigenvalue weighted by molar-refractivity contribution is 6.31. The van der Waals surface area contributed by atoms with Crippen molar-refractivity contribution in [2.24, 2.45) is 0 Å². The van der Waals surface area contributed by atoms with Crippen molar-refractivity contribution in [3.05, 3.63) is 58.9 Å². The van der Waals surface area contributed by atoms with Crippen LogP contribution >= 0.6 is 11.6 Å². The molecule has 1 saturated carbocycles. The highest BCUT2D eigenvalue weighted by atomic mass is 35.5. The van der Waals surface area contributed by atoms with Gasteiger partial charge in [0.1, 0.15) is 5.75 Å². The molecule has 0 atom stereocenters. The molecule has 1 amide bonds. The van der Waals surface area contributed by atoms with Gasteiger partial charge in [0.05, 0.1) is 6.20 Å². The molecule has 2 N–H and O–H groups in total. The van der Waals surface area contributed by atoms with Crippen molar-refractivity contribution in [2.75, 3.05) is 0 Å². The molecule has 1 fully saturated rings. The Morgan fingerprint density at radius 2 is 1.92 bits per heavy atom. The molecule has 25 heavy (non-hydrogen) atoms. The van der Waals surface area contributed by atoms with Crippen LogP contribution < -0.4 is 5.32 Å². The number of halogens is 1. The summed E-state index contributed by atoms with van der Waals surface area (Å²) in [7, 11) is 0. The largest absolute Gasteiger partial charge is 0.506 e. The number of carbonyl (C=O) groups excluding carboxylic acids is 1. The predicted molar refractivity (Wildman–Crippen MR) is 98.8 cm³/mol. The van der Waals surface area contributed by atoms with E-state index in [0.717, 1.165) is 42.0 Å². The van der Waals surface area contributed by atoms with Gasteiger partial charge in [-0.1, -0.05) is 29.8 Å². The average molecular weight is 359 g/mol. The van der Waals surface area contributed by atoms with Gasteiger partial charge in [0.25, 0.3) is 0 Å². The van der Waals surface area contributed by atoms with Crippen molar-refractivity contribution in [1.82, 2.24) is 10.3 Å². The smallest absolute Gasteiger partial charge is 0.220 e. The summed E-state index contributed by atoms with van der Waals surface area (Å²) in [5, 5.41) is 13.2. The lowest BCUT2D eigenvalue weighted by Crippen LogP contribution is -2.37. The molecule has 1 aliphatic carbocycles. The van der Waals surface area contributed by atoms with Crippen LogP contribution in [0.5, 0.6) is 5.75 Å². The lowest BCUT2D eigenvalue weighted by atomic mass is 9.84. The SMILES string of the molecule is O=C(CCc1ccccc1Cl)NC1CCC(c2ccc(O)cn2)CC1. The second-order valence-electron chi connectivity index (χ2n) is 6.65. The zero-order chi connectivity index (χ0) is 17.6. The van der Waals surface area contributed by atoms with Crippen molar-refractivity contribution < 1.29 is 9.90 Å². The number of amides is 1. The van der Waals surface area contributed by atoms with E-state index >= 15 is 0 Å². The Morgan fingerprint density at radius 3 is 2.60 bits per heavy atom. The number of pyridine rings is 1. The number of nitrogens with one attached hydrogen (secondary N) is 1. The topological polar surface area (TPSA) is 62.2 Å². The third kappa shape index (κ3) is 4.95. The van der Waals surface area contributed by atoms with Crippen molar-refractivity contribution >= 4 is 17.5 Å². The second kappa shape index (κ2) is 8.34. The molecular formula is C20H23ClN2O2. The normalized spacial score (nSPS) is 20.2. The van der Waals surface area contributed by atoms with E-state index in [-0.39, 0.29) is 17.7 Å². The molecule has 5 heteroatoms. The molecule has 0 radical (unpaired) electrons. The lowest BCUT2D eigenvalue weighted by Gasteiger charge is -2.28. The van der Waals surface area contributed by atoms with Crippen LogP contribution in [0.3, 0.4) is 0 Å². The minimum atomic E-state index is 0.0890. The molecule has 1 aliphatic rings. The quantitative estimate of drug-likeness (QED) is 0.841. The number of nitrogens with zero attached hydrogens (tertiary/aromatic N) is 1. The number of aromatic nitrogens is 1. The Labute approximate surface area is 153 Å². The van der Waals surface area contributed by atoms with Gasteiger partial charge in [0, 0.05) is 29.1 Å². The number of aryl methyl sites for hydroxylation is 1. The molecular weight excluding hydrogens is 336 g/mol. The van der Waals surface area contributed by atoms with E-state index in [4.69, 9.17) is 11.6 Å². The number of aromatic hydroxyl groups is 1. The van der Waals surface area contributed by atoms with E-state index in [0.29, 0.717) is 18.8 Å². The van der Waals surface area contributed by atoms with Crippen molar-refractivity contribution in [3.8, 4) is 5.75 Å². The molecule has 4 nitrogen and oxygen atoms in total. The zero-order valence-electron chi connectivity index (χ0n) is 14.1. The van der Waals surface area contributed by atoms with Gasteiger partial charge in [0.15, 0.2) is 0 Å². The molecule has 1 aromatic heterocycles. The minimum absolute atomic E-state index is 0.0890. The van der Waals surface area contributed by atoms with Gasteiger partial charge in [-0.25, -0.2) is 0 Å². The van der Waals surface area contributed by atoms with Gasteiger partial charge in [-0.05, 0) is 55.9 Å². The van der Waals surface area contributed by atoms with Gasteiger partial charge in [0.2, 0.25) is 5.91 Å². The van der Waals surface area contributed by atoms with Gasteiger partial charge >= 0.3 is 0 Å². The fourth-order valence-electron chi connectivity index (χ4n) is 3.42. The van der Waals surface area contributed by atoms with Crippen LogP contribution in [0.4, 0.5) is 0 Å². The van der Waals surface area contributed by atoms with E-state index in [2.05, 4.69) is 10.3 Å². The highest BCUT2D eigenvalue weighted by Crippen LogP contribution is 2.32. The summed E-state index contributed by atoms with van der Waals surface area (Å²) in [6, 6.07) is 11.5. The van der Waals surface area contributed by atoms with Gasteiger partial charge < -0.3 is 10.4 Å².